The van der Waals surface area contributed by atoms with Gasteiger partial charge in [-0.25, -0.2) is 13.2 Å². The number of sulfonamides is 1. The number of anilines is 1. The van der Waals surface area contributed by atoms with Gasteiger partial charge in [-0.2, -0.15) is 0 Å². The highest BCUT2D eigenvalue weighted by Gasteiger charge is 2.22. The molecule has 9 nitrogen and oxygen atoms in total. The average molecular weight is 432 g/mol. The maximum atomic E-state index is 13.0. The van der Waals surface area contributed by atoms with Gasteiger partial charge in [0.25, 0.3) is 10.0 Å². The lowest BCUT2D eigenvalue weighted by atomic mass is 10.1. The minimum Gasteiger partial charge on any atom is -0.497 e. The van der Waals surface area contributed by atoms with E-state index in [-0.39, 0.29) is 28.7 Å². The molecule has 30 heavy (non-hydrogen) atoms. The number of hydrogen-bond donors (Lipinski definition) is 1. The molecule has 0 atom stereocenters. The van der Waals surface area contributed by atoms with Crippen LogP contribution in [0.15, 0.2) is 57.9 Å². The highest BCUT2D eigenvalue weighted by atomic mass is 32.2. The fourth-order valence-electron chi connectivity index (χ4n) is 2.62. The monoisotopic (exact) mass is 432 g/mol. The van der Waals surface area contributed by atoms with E-state index in [0.717, 1.165) is 0 Å². The van der Waals surface area contributed by atoms with E-state index < -0.39 is 16.0 Å². The fraction of sp³-hybridized carbons (Fsp3) is 0.200. The molecule has 0 fully saturated rings. The second kappa shape index (κ2) is 8.87. The van der Waals surface area contributed by atoms with Crippen molar-refractivity contribution in [1.82, 2.24) is 5.16 Å². The molecule has 0 aliphatic rings. The Bertz CT molecular complexity index is 1140. The lowest BCUT2D eigenvalue weighted by molar-refractivity contribution is 0.0514. The van der Waals surface area contributed by atoms with Crippen LogP contribution in [0.4, 0.5) is 5.69 Å². The number of aromatic nitrogens is 1. The number of methoxy groups -OCH3 is 2. The third-order valence-electron chi connectivity index (χ3n) is 4.07. The molecule has 3 rings (SSSR count). The van der Waals surface area contributed by atoms with E-state index in [2.05, 4.69) is 9.88 Å². The largest absolute Gasteiger partial charge is 0.497 e. The maximum Gasteiger partial charge on any atom is 0.360 e. The van der Waals surface area contributed by atoms with E-state index in [1.807, 2.05) is 0 Å². The Morgan fingerprint density at radius 2 is 1.80 bits per heavy atom. The van der Waals surface area contributed by atoms with Crippen molar-refractivity contribution in [2.75, 3.05) is 25.5 Å². The van der Waals surface area contributed by atoms with Crippen molar-refractivity contribution in [1.29, 1.82) is 0 Å². The van der Waals surface area contributed by atoms with Crippen LogP contribution in [0.1, 0.15) is 17.4 Å². The smallest absolute Gasteiger partial charge is 0.360 e. The Labute approximate surface area is 173 Å². The summed E-state index contributed by atoms with van der Waals surface area (Å²) in [6, 6.07) is 12.3. The van der Waals surface area contributed by atoms with E-state index in [1.165, 1.54) is 32.4 Å². The first kappa shape index (κ1) is 21.2. The zero-order valence-corrected chi connectivity index (χ0v) is 17.4. The first-order valence-electron chi connectivity index (χ1n) is 8.87. The Balaban J connectivity index is 1.94. The Hall–Kier alpha value is -3.53. The van der Waals surface area contributed by atoms with Crippen LogP contribution in [0.5, 0.6) is 11.5 Å². The predicted octanol–water partition coefficient (Wildman–Crippen LogP) is 3.34. The molecule has 0 amide bonds. The van der Waals surface area contributed by atoms with Crippen molar-refractivity contribution in [2.45, 2.75) is 11.8 Å². The number of nitrogens with zero attached hydrogens (tertiary/aromatic N) is 1. The first-order chi connectivity index (χ1) is 14.4. The lowest BCUT2D eigenvalue weighted by Gasteiger charge is -2.13. The van der Waals surface area contributed by atoms with Gasteiger partial charge in [-0.1, -0.05) is 5.16 Å². The van der Waals surface area contributed by atoms with Crippen LogP contribution >= 0.6 is 0 Å². The highest BCUT2D eigenvalue weighted by molar-refractivity contribution is 7.92. The Morgan fingerprint density at radius 1 is 1.07 bits per heavy atom. The number of carbonyl (C=O) groups excluding carboxylic acids is 1. The van der Waals surface area contributed by atoms with Crippen LogP contribution in [0, 0.1) is 0 Å². The normalized spacial score (nSPS) is 11.0. The number of hydrogen-bond acceptors (Lipinski definition) is 8. The predicted molar refractivity (Wildman–Crippen MR) is 108 cm³/mol. The van der Waals surface area contributed by atoms with Gasteiger partial charge in [0, 0.05) is 17.3 Å². The van der Waals surface area contributed by atoms with Crippen LogP contribution < -0.4 is 14.2 Å². The number of nitrogens with one attached hydrogen (secondary N) is 1. The van der Waals surface area contributed by atoms with Gasteiger partial charge in [0.15, 0.2) is 11.5 Å². The summed E-state index contributed by atoms with van der Waals surface area (Å²) in [7, 11) is -1.10. The minimum absolute atomic E-state index is 0.0107. The Morgan fingerprint density at radius 3 is 2.43 bits per heavy atom. The number of ether oxygens (including phenoxy) is 3. The van der Waals surface area contributed by atoms with E-state index in [0.29, 0.717) is 17.0 Å². The molecule has 0 saturated carbocycles. The van der Waals surface area contributed by atoms with Gasteiger partial charge in [0.2, 0.25) is 0 Å². The minimum atomic E-state index is -3.99. The summed E-state index contributed by atoms with van der Waals surface area (Å²) in [5.41, 5.74) is 0.741. The molecule has 0 aliphatic heterocycles. The molecule has 0 saturated heterocycles. The lowest BCUT2D eigenvalue weighted by Crippen LogP contribution is -2.14. The number of rotatable bonds is 8. The molecule has 1 heterocycles. The molecule has 1 aromatic heterocycles. The number of benzene rings is 2. The average Bonchev–Trinajstić information content (AvgIpc) is 3.24. The van der Waals surface area contributed by atoms with Crippen LogP contribution in [-0.4, -0.2) is 40.4 Å². The molecule has 1 N–H and O–H groups in total. The van der Waals surface area contributed by atoms with Crippen molar-refractivity contribution in [3.63, 3.8) is 0 Å². The van der Waals surface area contributed by atoms with Crippen LogP contribution in [0.3, 0.4) is 0 Å². The summed E-state index contributed by atoms with van der Waals surface area (Å²) in [6.07, 6.45) is 0. The SMILES string of the molecule is CCOC(=O)c1cc(-c2ccc(OC)c(S(=O)(=O)Nc3ccc(OC)cc3)c2)on1. The molecular weight excluding hydrogens is 412 g/mol. The number of esters is 1. The molecule has 2 aromatic carbocycles. The Kier molecular flexibility index (Phi) is 6.26. The zero-order chi connectivity index (χ0) is 21.7. The fourth-order valence-corrected chi connectivity index (χ4v) is 3.88. The van der Waals surface area contributed by atoms with Gasteiger partial charge in [-0.3, -0.25) is 4.72 Å². The van der Waals surface area contributed by atoms with Gasteiger partial charge >= 0.3 is 5.97 Å². The second-order valence-corrected chi connectivity index (χ2v) is 7.65. The summed E-state index contributed by atoms with van der Waals surface area (Å²) in [5.74, 6) is 0.321. The van der Waals surface area contributed by atoms with Crippen molar-refractivity contribution < 1.29 is 31.9 Å². The molecule has 158 valence electrons. The molecule has 0 unspecified atom stereocenters. The van der Waals surface area contributed by atoms with Gasteiger partial charge in [-0.15, -0.1) is 0 Å². The molecule has 10 heteroatoms. The number of carbonyl (C=O) groups is 1. The van der Waals surface area contributed by atoms with Crippen LogP contribution in [0.2, 0.25) is 0 Å². The molecule has 0 aliphatic carbocycles. The molecular formula is C20H20N2O7S. The van der Waals surface area contributed by atoms with Crippen LogP contribution in [0.25, 0.3) is 11.3 Å². The molecule has 0 bridgehead atoms. The topological polar surface area (TPSA) is 117 Å². The highest BCUT2D eigenvalue weighted by Crippen LogP contribution is 2.32. The van der Waals surface area contributed by atoms with Gasteiger partial charge in [-0.05, 0) is 49.4 Å². The van der Waals surface area contributed by atoms with Gasteiger partial charge in [0.1, 0.15) is 16.4 Å². The quantitative estimate of drug-likeness (QED) is 0.539. The summed E-state index contributed by atoms with van der Waals surface area (Å²) in [5, 5.41) is 3.67. The summed E-state index contributed by atoms with van der Waals surface area (Å²) in [6.45, 7) is 1.87. The molecule has 3 aromatic rings. The van der Waals surface area contributed by atoms with Crippen molar-refractivity contribution in [2.24, 2.45) is 0 Å². The summed E-state index contributed by atoms with van der Waals surface area (Å²) < 4.78 is 48.8. The zero-order valence-electron chi connectivity index (χ0n) is 16.5. The van der Waals surface area contributed by atoms with Crippen LogP contribution in [-0.2, 0) is 14.8 Å². The van der Waals surface area contributed by atoms with Gasteiger partial charge < -0.3 is 18.7 Å². The summed E-state index contributed by atoms with van der Waals surface area (Å²) >= 11 is 0. The summed E-state index contributed by atoms with van der Waals surface area (Å²) in [4.78, 5) is 11.7. The molecule has 0 radical (unpaired) electrons. The molecule has 0 spiro atoms. The van der Waals surface area contributed by atoms with Gasteiger partial charge in [0.05, 0.1) is 20.8 Å². The third kappa shape index (κ3) is 4.54. The van der Waals surface area contributed by atoms with Crippen molar-refractivity contribution in [3.05, 3.63) is 54.2 Å². The van der Waals surface area contributed by atoms with Crippen molar-refractivity contribution >= 4 is 21.7 Å². The van der Waals surface area contributed by atoms with E-state index in [9.17, 15) is 13.2 Å². The third-order valence-corrected chi connectivity index (χ3v) is 5.48. The maximum absolute atomic E-state index is 13.0. The first-order valence-corrected chi connectivity index (χ1v) is 10.4. The van der Waals surface area contributed by atoms with E-state index in [1.54, 1.807) is 37.3 Å². The van der Waals surface area contributed by atoms with E-state index in [4.69, 9.17) is 18.7 Å². The van der Waals surface area contributed by atoms with E-state index >= 15 is 0 Å². The second-order valence-electron chi connectivity index (χ2n) is 6.00. The standard InChI is InChI=1S/C20H20N2O7S/c1-4-28-20(23)16-12-18(29-21-16)13-5-10-17(27-3)19(11-13)30(24,25)22-14-6-8-15(26-2)9-7-14/h5-12,22H,4H2,1-3H3. The van der Waals surface area contributed by atoms with Crippen molar-refractivity contribution in [3.8, 4) is 22.8 Å².